The van der Waals surface area contributed by atoms with Crippen molar-refractivity contribution in [2.75, 3.05) is 30.7 Å². The van der Waals surface area contributed by atoms with Gasteiger partial charge in [-0.15, -0.1) is 0 Å². The molecule has 1 aromatic heterocycles. The van der Waals surface area contributed by atoms with Crippen LogP contribution in [-0.4, -0.2) is 36.6 Å². The number of nitrogens with zero attached hydrogens (tertiary/aromatic N) is 1. The summed E-state index contributed by atoms with van der Waals surface area (Å²) >= 11 is 0. The second kappa shape index (κ2) is 7.98. The normalized spacial score (nSPS) is 9.90. The lowest BCUT2D eigenvalue weighted by atomic mass is 10.2. The number of ether oxygens (including phenoxy) is 1. The molecular formula is C13H20N4O3. The number of esters is 1. The molecule has 0 saturated carbocycles. The van der Waals surface area contributed by atoms with Crippen LogP contribution < -0.4 is 16.4 Å². The summed E-state index contributed by atoms with van der Waals surface area (Å²) in [6.45, 7) is 4.57. The van der Waals surface area contributed by atoms with Crippen LogP contribution in [0.4, 0.5) is 11.5 Å². The summed E-state index contributed by atoms with van der Waals surface area (Å²) in [6, 6.07) is 1.47. The Morgan fingerprint density at radius 1 is 1.40 bits per heavy atom. The van der Waals surface area contributed by atoms with Crippen LogP contribution in [0.5, 0.6) is 0 Å². The Balaban J connectivity index is 2.73. The molecule has 0 unspecified atom stereocenters. The molecule has 1 amide bonds. The van der Waals surface area contributed by atoms with Gasteiger partial charge in [-0.05, 0) is 19.4 Å². The topological polar surface area (TPSA) is 106 Å². The molecule has 110 valence electrons. The van der Waals surface area contributed by atoms with E-state index < -0.39 is 5.97 Å². The van der Waals surface area contributed by atoms with Crippen LogP contribution in [0.25, 0.3) is 0 Å². The number of rotatable bonds is 7. The molecule has 7 nitrogen and oxygen atoms in total. The molecular weight excluding hydrogens is 260 g/mol. The smallest absolute Gasteiger partial charge is 0.341 e. The lowest BCUT2D eigenvalue weighted by Crippen LogP contribution is -2.31. The van der Waals surface area contributed by atoms with Gasteiger partial charge >= 0.3 is 5.97 Å². The van der Waals surface area contributed by atoms with Gasteiger partial charge in [0.05, 0.1) is 25.0 Å². The molecule has 7 heteroatoms. The molecule has 0 fully saturated rings. The van der Waals surface area contributed by atoms with Crippen molar-refractivity contribution in [3.8, 4) is 0 Å². The minimum absolute atomic E-state index is 0.0311. The third kappa shape index (κ3) is 4.75. The average molecular weight is 280 g/mol. The zero-order valence-corrected chi connectivity index (χ0v) is 11.7. The Labute approximate surface area is 117 Å². The molecule has 0 atom stereocenters. The number of hydrogen-bond donors (Lipinski definition) is 3. The van der Waals surface area contributed by atoms with Gasteiger partial charge in [-0.1, -0.05) is 6.92 Å². The minimum atomic E-state index is -0.524. The van der Waals surface area contributed by atoms with Crippen LogP contribution in [0.15, 0.2) is 12.3 Å². The van der Waals surface area contributed by atoms with Crippen molar-refractivity contribution in [3.63, 3.8) is 0 Å². The van der Waals surface area contributed by atoms with E-state index in [1.165, 1.54) is 12.3 Å². The molecule has 20 heavy (non-hydrogen) atoms. The number of hydrogen-bond acceptors (Lipinski definition) is 6. The summed E-state index contributed by atoms with van der Waals surface area (Å²) in [5.74, 6) is -0.409. The first-order chi connectivity index (χ1) is 9.58. The fourth-order valence-corrected chi connectivity index (χ4v) is 1.48. The summed E-state index contributed by atoms with van der Waals surface area (Å²) in [5.41, 5.74) is 6.18. The van der Waals surface area contributed by atoms with Crippen molar-refractivity contribution < 1.29 is 14.3 Å². The van der Waals surface area contributed by atoms with Crippen LogP contribution in [0, 0.1) is 0 Å². The number of amides is 1. The van der Waals surface area contributed by atoms with Crippen LogP contribution in [0.1, 0.15) is 30.6 Å². The van der Waals surface area contributed by atoms with E-state index in [9.17, 15) is 9.59 Å². The first kappa shape index (κ1) is 15.7. The number of carbonyl (C=O) groups excluding carboxylic acids is 2. The van der Waals surface area contributed by atoms with Gasteiger partial charge in [0.25, 0.3) is 0 Å². The maximum atomic E-state index is 11.8. The van der Waals surface area contributed by atoms with Gasteiger partial charge in [-0.3, -0.25) is 4.79 Å². The summed E-state index contributed by atoms with van der Waals surface area (Å²) in [7, 11) is 0. The first-order valence-corrected chi connectivity index (χ1v) is 6.51. The molecule has 0 spiro atoms. The maximum absolute atomic E-state index is 11.8. The predicted octanol–water partition coefficient (Wildman–Crippen LogP) is 0.779. The predicted molar refractivity (Wildman–Crippen MR) is 76.4 cm³/mol. The standard InChI is InChI=1S/C13H20N4O3/c1-3-5-15-11(18)8-17-12-10(13(19)20-4-2)6-9(14)7-16-12/h6-7H,3-5,8,14H2,1-2H3,(H,15,18)(H,16,17). The van der Waals surface area contributed by atoms with Crippen molar-refractivity contribution in [3.05, 3.63) is 17.8 Å². The van der Waals surface area contributed by atoms with E-state index in [4.69, 9.17) is 10.5 Å². The summed E-state index contributed by atoms with van der Waals surface area (Å²) in [4.78, 5) is 27.3. The highest BCUT2D eigenvalue weighted by molar-refractivity contribution is 5.96. The van der Waals surface area contributed by atoms with E-state index in [2.05, 4.69) is 15.6 Å². The van der Waals surface area contributed by atoms with Crippen molar-refractivity contribution >= 4 is 23.4 Å². The Bertz CT molecular complexity index is 477. The first-order valence-electron chi connectivity index (χ1n) is 6.51. The van der Waals surface area contributed by atoms with Crippen LogP contribution in [0.2, 0.25) is 0 Å². The second-order valence-corrected chi connectivity index (χ2v) is 4.09. The van der Waals surface area contributed by atoms with Gasteiger partial charge in [0, 0.05) is 6.54 Å². The molecule has 0 bridgehead atoms. The SMILES string of the molecule is CCCNC(=O)CNc1ncc(N)cc1C(=O)OCC. The molecule has 4 N–H and O–H groups in total. The number of aromatic nitrogens is 1. The van der Waals surface area contributed by atoms with Crippen molar-refractivity contribution in [2.45, 2.75) is 20.3 Å². The van der Waals surface area contributed by atoms with Gasteiger partial charge in [-0.25, -0.2) is 9.78 Å². The molecule has 0 saturated heterocycles. The number of nitrogens with one attached hydrogen (secondary N) is 2. The van der Waals surface area contributed by atoms with Crippen molar-refractivity contribution in [1.82, 2.24) is 10.3 Å². The van der Waals surface area contributed by atoms with Gasteiger partial charge in [0.2, 0.25) is 5.91 Å². The number of nitrogen functional groups attached to an aromatic ring is 1. The Kier molecular flexibility index (Phi) is 6.28. The van der Waals surface area contributed by atoms with Crippen LogP contribution in [0.3, 0.4) is 0 Å². The third-order valence-corrected chi connectivity index (χ3v) is 2.39. The third-order valence-electron chi connectivity index (χ3n) is 2.39. The monoisotopic (exact) mass is 280 g/mol. The highest BCUT2D eigenvalue weighted by atomic mass is 16.5. The highest BCUT2D eigenvalue weighted by Gasteiger charge is 2.15. The van der Waals surface area contributed by atoms with E-state index in [-0.39, 0.29) is 30.4 Å². The Morgan fingerprint density at radius 2 is 2.15 bits per heavy atom. The molecule has 0 aromatic carbocycles. The van der Waals surface area contributed by atoms with E-state index in [1.54, 1.807) is 6.92 Å². The molecule has 1 heterocycles. The maximum Gasteiger partial charge on any atom is 0.341 e. The summed E-state index contributed by atoms with van der Waals surface area (Å²) < 4.78 is 4.92. The van der Waals surface area contributed by atoms with Crippen LogP contribution >= 0.6 is 0 Å². The van der Waals surface area contributed by atoms with Gasteiger partial charge in [0.15, 0.2) is 0 Å². The minimum Gasteiger partial charge on any atom is -0.462 e. The van der Waals surface area contributed by atoms with E-state index in [1.807, 2.05) is 6.92 Å². The molecule has 0 aliphatic rings. The fourth-order valence-electron chi connectivity index (χ4n) is 1.48. The van der Waals surface area contributed by atoms with Gasteiger partial charge < -0.3 is 21.1 Å². The molecule has 0 aliphatic carbocycles. The molecule has 1 rings (SSSR count). The van der Waals surface area contributed by atoms with Gasteiger partial charge in [-0.2, -0.15) is 0 Å². The Morgan fingerprint density at radius 3 is 2.80 bits per heavy atom. The van der Waals surface area contributed by atoms with E-state index in [0.29, 0.717) is 12.2 Å². The number of nitrogens with two attached hydrogens (primary N) is 1. The molecule has 0 aliphatic heterocycles. The largest absolute Gasteiger partial charge is 0.462 e. The van der Waals surface area contributed by atoms with Crippen molar-refractivity contribution in [1.29, 1.82) is 0 Å². The van der Waals surface area contributed by atoms with Crippen LogP contribution in [-0.2, 0) is 9.53 Å². The number of carbonyl (C=O) groups is 2. The molecule has 1 aromatic rings. The quantitative estimate of drug-likeness (QED) is 0.637. The zero-order chi connectivity index (χ0) is 15.0. The van der Waals surface area contributed by atoms with E-state index in [0.717, 1.165) is 6.42 Å². The number of anilines is 2. The van der Waals surface area contributed by atoms with E-state index >= 15 is 0 Å². The van der Waals surface area contributed by atoms with Crippen molar-refractivity contribution in [2.24, 2.45) is 0 Å². The fraction of sp³-hybridized carbons (Fsp3) is 0.462. The lowest BCUT2D eigenvalue weighted by molar-refractivity contribution is -0.119. The average Bonchev–Trinajstić information content (AvgIpc) is 2.43. The summed E-state index contributed by atoms with van der Waals surface area (Å²) in [5, 5.41) is 5.53. The second-order valence-electron chi connectivity index (χ2n) is 4.09. The lowest BCUT2D eigenvalue weighted by Gasteiger charge is -2.11. The molecule has 0 radical (unpaired) electrons. The highest BCUT2D eigenvalue weighted by Crippen LogP contribution is 2.16. The van der Waals surface area contributed by atoms with Gasteiger partial charge in [0.1, 0.15) is 11.4 Å². The summed E-state index contributed by atoms with van der Waals surface area (Å²) in [6.07, 6.45) is 2.27. The Hall–Kier alpha value is -2.31. The zero-order valence-electron chi connectivity index (χ0n) is 11.7. The number of pyridine rings is 1.